The van der Waals surface area contributed by atoms with Gasteiger partial charge in [0.25, 0.3) is 0 Å². The first-order valence-corrected chi connectivity index (χ1v) is 7.87. The fourth-order valence-electron chi connectivity index (χ4n) is 3.37. The van der Waals surface area contributed by atoms with Gasteiger partial charge in [-0.25, -0.2) is 0 Å². The lowest BCUT2D eigenvalue weighted by Crippen LogP contribution is -2.79. The van der Waals surface area contributed by atoms with Crippen molar-refractivity contribution in [3.63, 3.8) is 0 Å². The Balaban J connectivity index is 1.87. The number of rotatable bonds is 3. The first-order chi connectivity index (χ1) is 9.03. The summed E-state index contributed by atoms with van der Waals surface area (Å²) in [5.41, 5.74) is 0.997. The highest BCUT2D eigenvalue weighted by molar-refractivity contribution is 14.1. The summed E-state index contributed by atoms with van der Waals surface area (Å²) in [4.78, 5) is 0. The van der Waals surface area contributed by atoms with Gasteiger partial charge in [0.05, 0.1) is 40.4 Å². The second-order valence-electron chi connectivity index (χ2n) is 5.88. The van der Waals surface area contributed by atoms with Crippen molar-refractivity contribution in [1.82, 2.24) is 0 Å². The molecular formula is C15H19IO3. The molecule has 0 bridgehead atoms. The predicted molar refractivity (Wildman–Crippen MR) is 81.4 cm³/mol. The van der Waals surface area contributed by atoms with Gasteiger partial charge >= 0.3 is 0 Å². The van der Waals surface area contributed by atoms with E-state index in [1.165, 1.54) is 5.56 Å². The molecule has 0 unspecified atom stereocenters. The third kappa shape index (κ3) is 1.80. The van der Waals surface area contributed by atoms with Gasteiger partial charge in [0.1, 0.15) is 0 Å². The van der Waals surface area contributed by atoms with Crippen LogP contribution in [0.15, 0.2) is 30.3 Å². The van der Waals surface area contributed by atoms with Crippen LogP contribution >= 0.6 is 22.6 Å². The van der Waals surface area contributed by atoms with E-state index in [1.54, 1.807) is 0 Å². The second-order valence-corrected chi connectivity index (χ2v) is 7.23. The normalized spacial score (nSPS) is 37.5. The molecule has 2 saturated heterocycles. The van der Waals surface area contributed by atoms with Gasteiger partial charge in [0.2, 0.25) is 0 Å². The Morgan fingerprint density at radius 1 is 1.37 bits per heavy atom. The van der Waals surface area contributed by atoms with Crippen LogP contribution in [0, 0.1) is 5.41 Å². The van der Waals surface area contributed by atoms with E-state index < -0.39 is 0 Å². The molecule has 1 aromatic carbocycles. The number of hydrogen-bond acceptors (Lipinski definition) is 3. The summed E-state index contributed by atoms with van der Waals surface area (Å²) in [6, 6.07) is 10.4. The van der Waals surface area contributed by atoms with Gasteiger partial charge in [0.15, 0.2) is 0 Å². The van der Waals surface area contributed by atoms with E-state index in [2.05, 4.69) is 60.7 Å². The fourth-order valence-corrected chi connectivity index (χ4v) is 4.58. The van der Waals surface area contributed by atoms with E-state index >= 15 is 0 Å². The Morgan fingerprint density at radius 3 is 2.53 bits per heavy atom. The van der Waals surface area contributed by atoms with Gasteiger partial charge in [0, 0.05) is 0 Å². The van der Waals surface area contributed by atoms with Crippen molar-refractivity contribution in [3.05, 3.63) is 35.9 Å². The molecule has 0 aliphatic carbocycles. The highest BCUT2D eigenvalue weighted by Crippen LogP contribution is 2.62. The lowest BCUT2D eigenvalue weighted by molar-refractivity contribution is -0.409. The minimum atomic E-state index is -0.221. The van der Waals surface area contributed by atoms with E-state index in [4.69, 9.17) is 9.47 Å². The van der Waals surface area contributed by atoms with Gasteiger partial charge < -0.3 is 14.6 Å². The summed E-state index contributed by atoms with van der Waals surface area (Å²) in [7, 11) is 0. The van der Waals surface area contributed by atoms with Crippen LogP contribution in [0.4, 0.5) is 0 Å². The van der Waals surface area contributed by atoms with Crippen LogP contribution in [0.25, 0.3) is 0 Å². The van der Waals surface area contributed by atoms with Crippen LogP contribution < -0.4 is 0 Å². The molecule has 2 fully saturated rings. The molecule has 3 rings (SSSR count). The van der Waals surface area contributed by atoms with Crippen molar-refractivity contribution in [1.29, 1.82) is 0 Å². The number of halogens is 1. The number of alkyl halides is 1. The molecule has 19 heavy (non-hydrogen) atoms. The summed E-state index contributed by atoms with van der Waals surface area (Å²) >= 11 is 2.45. The lowest BCUT2D eigenvalue weighted by atomic mass is 9.57. The molecule has 0 aromatic heterocycles. The molecule has 1 spiro atoms. The first kappa shape index (κ1) is 13.8. The standard InChI is InChI=1S/C15H19IO3/c1-14(2)15(9-18-11(15)8-17)13(19-14)12(16)10-6-4-3-5-7-10/h3-7,11-13,17H,8-9H2,1-2H3/t11-,12-,13-,15-/m0/s1. The van der Waals surface area contributed by atoms with Crippen molar-refractivity contribution in [2.45, 2.75) is 35.6 Å². The molecule has 0 radical (unpaired) electrons. The number of aliphatic hydroxyl groups excluding tert-OH is 1. The topological polar surface area (TPSA) is 38.7 Å². The Labute approximate surface area is 127 Å². The molecule has 4 atom stereocenters. The average Bonchev–Trinajstić information content (AvgIpc) is 2.36. The maximum atomic E-state index is 9.51. The van der Waals surface area contributed by atoms with Gasteiger partial charge in [-0.3, -0.25) is 0 Å². The van der Waals surface area contributed by atoms with Crippen LogP contribution in [0.2, 0.25) is 0 Å². The monoisotopic (exact) mass is 374 g/mol. The zero-order valence-corrected chi connectivity index (χ0v) is 13.3. The van der Waals surface area contributed by atoms with Crippen molar-refractivity contribution < 1.29 is 14.6 Å². The summed E-state index contributed by atoms with van der Waals surface area (Å²) in [5, 5.41) is 9.51. The zero-order chi connectivity index (χ0) is 13.7. The summed E-state index contributed by atoms with van der Waals surface area (Å²) in [6.45, 7) is 4.95. The smallest absolute Gasteiger partial charge is 0.0937 e. The van der Waals surface area contributed by atoms with E-state index in [0.717, 1.165) is 0 Å². The molecule has 1 N–H and O–H groups in total. The quantitative estimate of drug-likeness (QED) is 0.653. The third-order valence-corrected chi connectivity index (χ3v) is 6.07. The molecular weight excluding hydrogens is 355 g/mol. The van der Waals surface area contributed by atoms with Gasteiger partial charge in [-0.15, -0.1) is 0 Å². The average molecular weight is 374 g/mol. The van der Waals surface area contributed by atoms with Crippen molar-refractivity contribution in [2.24, 2.45) is 5.41 Å². The van der Waals surface area contributed by atoms with Crippen LogP contribution in [0.5, 0.6) is 0 Å². The minimum Gasteiger partial charge on any atom is -0.394 e. The molecule has 3 nitrogen and oxygen atoms in total. The van der Waals surface area contributed by atoms with E-state index in [0.29, 0.717) is 6.61 Å². The molecule has 2 heterocycles. The minimum absolute atomic E-state index is 0.0521. The Kier molecular flexibility index (Phi) is 3.40. The first-order valence-electron chi connectivity index (χ1n) is 6.62. The van der Waals surface area contributed by atoms with E-state index in [9.17, 15) is 5.11 Å². The number of benzene rings is 1. The van der Waals surface area contributed by atoms with Crippen LogP contribution in [-0.2, 0) is 9.47 Å². The molecule has 2 aliphatic heterocycles. The van der Waals surface area contributed by atoms with Crippen LogP contribution in [-0.4, -0.2) is 36.1 Å². The van der Waals surface area contributed by atoms with Crippen molar-refractivity contribution >= 4 is 22.6 Å². The molecule has 0 amide bonds. The molecule has 2 aliphatic rings. The number of aliphatic hydroxyl groups is 1. The van der Waals surface area contributed by atoms with Crippen LogP contribution in [0.3, 0.4) is 0 Å². The highest BCUT2D eigenvalue weighted by Gasteiger charge is 2.72. The van der Waals surface area contributed by atoms with Gasteiger partial charge in [-0.2, -0.15) is 0 Å². The maximum absolute atomic E-state index is 9.51. The lowest BCUT2D eigenvalue weighted by Gasteiger charge is -2.69. The molecule has 104 valence electrons. The fraction of sp³-hybridized carbons (Fsp3) is 0.600. The molecule has 0 saturated carbocycles. The predicted octanol–water partition coefficient (Wildman–Crippen LogP) is 2.72. The second kappa shape index (κ2) is 4.69. The Morgan fingerprint density at radius 2 is 2.05 bits per heavy atom. The number of hydrogen-bond donors (Lipinski definition) is 1. The summed E-state index contributed by atoms with van der Waals surface area (Å²) in [5.74, 6) is 0. The van der Waals surface area contributed by atoms with E-state index in [1.807, 2.05) is 6.07 Å². The third-order valence-electron chi connectivity index (χ3n) is 4.70. The largest absolute Gasteiger partial charge is 0.394 e. The van der Waals surface area contributed by atoms with E-state index in [-0.39, 0.29) is 33.8 Å². The highest BCUT2D eigenvalue weighted by atomic mass is 127. The maximum Gasteiger partial charge on any atom is 0.0937 e. The van der Waals surface area contributed by atoms with Crippen LogP contribution in [0.1, 0.15) is 23.3 Å². The Hall–Kier alpha value is -0.170. The number of ether oxygens (including phenoxy) is 2. The molecule has 1 aromatic rings. The summed E-state index contributed by atoms with van der Waals surface area (Å²) < 4.78 is 12.0. The van der Waals surface area contributed by atoms with Gasteiger partial charge in [-0.05, 0) is 19.4 Å². The SMILES string of the molecule is CC1(C)O[C@@H]([C@@H](I)c2ccccc2)[C@@]12CO[C@H]2CO. The van der Waals surface area contributed by atoms with Crippen molar-refractivity contribution in [3.8, 4) is 0 Å². The zero-order valence-electron chi connectivity index (χ0n) is 11.2. The van der Waals surface area contributed by atoms with Gasteiger partial charge in [-0.1, -0.05) is 52.9 Å². The summed E-state index contributed by atoms with van der Waals surface area (Å²) in [6.07, 6.45) is 0.0126. The van der Waals surface area contributed by atoms with Crippen molar-refractivity contribution in [2.75, 3.05) is 13.2 Å². The Bertz CT molecular complexity index is 460. The molecule has 4 heteroatoms.